The van der Waals surface area contributed by atoms with Crippen LogP contribution >= 0.6 is 0 Å². The van der Waals surface area contributed by atoms with E-state index in [1.165, 1.54) is 0 Å². The van der Waals surface area contributed by atoms with Crippen LogP contribution in [0.5, 0.6) is 0 Å². The summed E-state index contributed by atoms with van der Waals surface area (Å²) in [5.74, 6) is -0.652. The van der Waals surface area contributed by atoms with Crippen molar-refractivity contribution in [2.75, 3.05) is 39.6 Å². The topological polar surface area (TPSA) is 89.5 Å². The fourth-order valence-corrected chi connectivity index (χ4v) is 2.38. The first kappa shape index (κ1) is 28.8. The first-order valence-electron chi connectivity index (χ1n) is 11.3. The van der Waals surface area contributed by atoms with Gasteiger partial charge in [0.05, 0.1) is 0 Å². The van der Waals surface area contributed by atoms with Crippen LogP contribution in [0.3, 0.4) is 0 Å². The highest BCUT2D eigenvalue weighted by Crippen LogP contribution is 2.06. The maximum absolute atomic E-state index is 11.9. The van der Waals surface area contributed by atoms with E-state index in [2.05, 4.69) is 13.8 Å². The summed E-state index contributed by atoms with van der Waals surface area (Å²) >= 11 is 0. The van der Waals surface area contributed by atoms with Crippen molar-refractivity contribution in [3.05, 3.63) is 0 Å². The van der Waals surface area contributed by atoms with Crippen LogP contribution in [0.4, 0.5) is 0 Å². The Morgan fingerprint density at radius 2 is 1.00 bits per heavy atom. The summed E-state index contributed by atoms with van der Waals surface area (Å²) in [5.41, 5.74) is 0. The zero-order valence-corrected chi connectivity index (χ0v) is 19.3. The van der Waals surface area contributed by atoms with Gasteiger partial charge in [-0.15, -0.1) is 0 Å². The number of unbranched alkanes of at least 4 members (excludes halogenated alkanes) is 3. The standard InChI is InChI=1S/C22H42O8/c1-5-9-15-27-21(25-7-3)17-29-19(23)13-11-12-14-20(24)30-18-22(26-8-4)28-16-10-6-2/h21-22H,5-18H2,1-4H3. The smallest absolute Gasteiger partial charge is 0.305 e. The van der Waals surface area contributed by atoms with E-state index in [0.29, 0.717) is 39.3 Å². The average molecular weight is 435 g/mol. The minimum Gasteiger partial charge on any atom is -0.460 e. The van der Waals surface area contributed by atoms with Crippen molar-refractivity contribution in [2.45, 2.75) is 91.6 Å². The van der Waals surface area contributed by atoms with E-state index in [-0.39, 0.29) is 38.0 Å². The van der Waals surface area contributed by atoms with Crippen LogP contribution in [0, 0.1) is 0 Å². The molecule has 0 N–H and O–H groups in total. The summed E-state index contributed by atoms with van der Waals surface area (Å²) in [6.45, 7) is 10.2. The number of esters is 2. The first-order chi connectivity index (χ1) is 14.6. The van der Waals surface area contributed by atoms with Crippen LogP contribution in [-0.4, -0.2) is 64.2 Å². The molecule has 2 atom stereocenters. The molecule has 0 aromatic carbocycles. The Labute approximate surface area is 181 Å². The van der Waals surface area contributed by atoms with Crippen molar-refractivity contribution in [3.63, 3.8) is 0 Å². The van der Waals surface area contributed by atoms with Gasteiger partial charge >= 0.3 is 11.9 Å². The zero-order valence-electron chi connectivity index (χ0n) is 19.3. The van der Waals surface area contributed by atoms with Gasteiger partial charge in [-0.25, -0.2) is 0 Å². The Balaban J connectivity index is 3.89. The van der Waals surface area contributed by atoms with Gasteiger partial charge in [0, 0.05) is 39.3 Å². The minimum absolute atomic E-state index is 0.0786. The lowest BCUT2D eigenvalue weighted by Crippen LogP contribution is -2.26. The normalized spacial score (nSPS) is 13.1. The highest BCUT2D eigenvalue weighted by Gasteiger charge is 2.14. The number of carbonyl (C=O) groups is 2. The Bertz CT molecular complexity index is 378. The van der Waals surface area contributed by atoms with Gasteiger partial charge in [0.2, 0.25) is 0 Å². The minimum atomic E-state index is -0.529. The number of rotatable bonds is 21. The molecule has 0 saturated heterocycles. The summed E-state index contributed by atoms with van der Waals surface area (Å²) < 4.78 is 32.3. The highest BCUT2D eigenvalue weighted by molar-refractivity contribution is 5.70. The van der Waals surface area contributed by atoms with Crippen LogP contribution < -0.4 is 0 Å². The van der Waals surface area contributed by atoms with E-state index < -0.39 is 12.6 Å². The number of hydrogen-bond acceptors (Lipinski definition) is 8. The Kier molecular flexibility index (Phi) is 20.2. The first-order valence-corrected chi connectivity index (χ1v) is 11.3. The van der Waals surface area contributed by atoms with Gasteiger partial charge < -0.3 is 28.4 Å². The molecular weight excluding hydrogens is 392 g/mol. The number of hydrogen-bond donors (Lipinski definition) is 0. The fourth-order valence-electron chi connectivity index (χ4n) is 2.38. The number of carbonyl (C=O) groups excluding carboxylic acids is 2. The number of ether oxygens (including phenoxy) is 6. The van der Waals surface area contributed by atoms with E-state index in [1.807, 2.05) is 13.8 Å². The van der Waals surface area contributed by atoms with Crippen LogP contribution in [-0.2, 0) is 38.0 Å². The van der Waals surface area contributed by atoms with Crippen molar-refractivity contribution in [2.24, 2.45) is 0 Å². The lowest BCUT2D eigenvalue weighted by molar-refractivity contribution is -0.182. The van der Waals surface area contributed by atoms with Gasteiger partial charge in [-0.05, 0) is 39.5 Å². The van der Waals surface area contributed by atoms with Crippen molar-refractivity contribution < 1.29 is 38.0 Å². The lowest BCUT2D eigenvalue weighted by atomic mass is 10.2. The van der Waals surface area contributed by atoms with Crippen LogP contribution in [0.2, 0.25) is 0 Å². The second kappa shape index (κ2) is 21.0. The third-order valence-corrected chi connectivity index (χ3v) is 4.08. The molecule has 0 aliphatic carbocycles. The molecule has 0 spiro atoms. The van der Waals surface area contributed by atoms with Gasteiger partial charge in [-0.1, -0.05) is 26.7 Å². The third kappa shape index (κ3) is 17.6. The van der Waals surface area contributed by atoms with Gasteiger partial charge in [0.15, 0.2) is 12.6 Å². The van der Waals surface area contributed by atoms with E-state index in [1.54, 1.807) is 0 Å². The molecule has 0 amide bonds. The van der Waals surface area contributed by atoms with Gasteiger partial charge in [0.25, 0.3) is 0 Å². The molecule has 0 fully saturated rings. The molecule has 0 saturated carbocycles. The van der Waals surface area contributed by atoms with Crippen LogP contribution in [0.1, 0.15) is 79.1 Å². The molecule has 0 aromatic heterocycles. The highest BCUT2D eigenvalue weighted by atomic mass is 16.7. The Morgan fingerprint density at radius 1 is 0.600 bits per heavy atom. The summed E-state index contributed by atoms with van der Waals surface area (Å²) in [7, 11) is 0. The van der Waals surface area contributed by atoms with E-state index in [9.17, 15) is 9.59 Å². The molecular formula is C22H42O8. The molecule has 0 aromatic rings. The van der Waals surface area contributed by atoms with E-state index in [4.69, 9.17) is 28.4 Å². The molecule has 0 bridgehead atoms. The fraction of sp³-hybridized carbons (Fsp3) is 0.909. The molecule has 2 unspecified atom stereocenters. The molecule has 0 aliphatic heterocycles. The van der Waals surface area contributed by atoms with Crippen molar-refractivity contribution >= 4 is 11.9 Å². The van der Waals surface area contributed by atoms with Gasteiger partial charge in [-0.3, -0.25) is 9.59 Å². The maximum Gasteiger partial charge on any atom is 0.305 e. The maximum atomic E-state index is 11.9. The monoisotopic (exact) mass is 434 g/mol. The predicted molar refractivity (Wildman–Crippen MR) is 113 cm³/mol. The molecule has 0 heterocycles. The molecule has 178 valence electrons. The summed E-state index contributed by atoms with van der Waals surface area (Å²) in [5, 5.41) is 0. The van der Waals surface area contributed by atoms with E-state index in [0.717, 1.165) is 25.7 Å². The van der Waals surface area contributed by atoms with E-state index >= 15 is 0 Å². The molecule has 0 rings (SSSR count). The van der Waals surface area contributed by atoms with Crippen LogP contribution in [0.25, 0.3) is 0 Å². The summed E-state index contributed by atoms with van der Waals surface area (Å²) in [4.78, 5) is 23.7. The Hall–Kier alpha value is -1.22. The predicted octanol–water partition coefficient (Wildman–Crippen LogP) is 3.99. The second-order valence-electron chi connectivity index (χ2n) is 6.79. The van der Waals surface area contributed by atoms with Crippen molar-refractivity contribution in [1.29, 1.82) is 0 Å². The SMILES string of the molecule is CCCCOC(COC(=O)CCCCC(=O)OCC(OCC)OCCCC)OCC. The molecule has 0 aliphatic rings. The molecule has 8 heteroatoms. The summed E-state index contributed by atoms with van der Waals surface area (Å²) in [6.07, 6.45) is 4.44. The van der Waals surface area contributed by atoms with Gasteiger partial charge in [0.1, 0.15) is 13.2 Å². The summed E-state index contributed by atoms with van der Waals surface area (Å²) in [6, 6.07) is 0. The Morgan fingerprint density at radius 3 is 1.33 bits per heavy atom. The quantitative estimate of drug-likeness (QED) is 0.152. The third-order valence-electron chi connectivity index (χ3n) is 4.08. The average Bonchev–Trinajstić information content (AvgIpc) is 2.73. The lowest BCUT2D eigenvalue weighted by Gasteiger charge is -2.18. The molecule has 0 radical (unpaired) electrons. The largest absolute Gasteiger partial charge is 0.460 e. The molecule has 8 nitrogen and oxygen atoms in total. The molecule has 30 heavy (non-hydrogen) atoms. The van der Waals surface area contributed by atoms with Gasteiger partial charge in [-0.2, -0.15) is 0 Å². The second-order valence-corrected chi connectivity index (χ2v) is 6.79. The van der Waals surface area contributed by atoms with Crippen molar-refractivity contribution in [1.82, 2.24) is 0 Å². The van der Waals surface area contributed by atoms with Crippen molar-refractivity contribution in [3.8, 4) is 0 Å². The van der Waals surface area contributed by atoms with Crippen LogP contribution in [0.15, 0.2) is 0 Å². The zero-order chi connectivity index (χ0) is 22.5.